The Balaban J connectivity index is 1.84. The van der Waals surface area contributed by atoms with Crippen LogP contribution in [0.5, 0.6) is 0 Å². The average Bonchev–Trinajstić information content (AvgIpc) is 3.08. The van der Waals surface area contributed by atoms with Gasteiger partial charge in [0.05, 0.1) is 11.2 Å². The molecule has 0 saturated carbocycles. The molecule has 0 atom stereocenters. The van der Waals surface area contributed by atoms with Crippen LogP contribution in [-0.4, -0.2) is 11.4 Å². The molecule has 2 aromatic carbocycles. The van der Waals surface area contributed by atoms with Gasteiger partial charge in [-0.3, -0.25) is 9.69 Å². The molecule has 3 aromatic rings. The van der Waals surface area contributed by atoms with E-state index in [2.05, 4.69) is 18.8 Å². The van der Waals surface area contributed by atoms with Crippen LogP contribution in [0.25, 0.3) is 0 Å². The van der Waals surface area contributed by atoms with Gasteiger partial charge in [0.2, 0.25) is 6.41 Å². The van der Waals surface area contributed by atoms with Gasteiger partial charge in [0, 0.05) is 22.2 Å². The van der Waals surface area contributed by atoms with Crippen LogP contribution in [0.1, 0.15) is 35.9 Å². The van der Waals surface area contributed by atoms with Crippen molar-refractivity contribution >= 4 is 51.6 Å². The first kappa shape index (κ1) is 18.9. The Hall–Kier alpha value is -1.88. The van der Waals surface area contributed by atoms with Gasteiger partial charge in [-0.2, -0.15) is 0 Å². The second kappa shape index (κ2) is 8.21. The van der Waals surface area contributed by atoms with Gasteiger partial charge in [-0.15, -0.1) is 11.3 Å². The first-order valence-electron chi connectivity index (χ1n) is 8.21. The maximum absolute atomic E-state index is 11.7. The topological polar surface area (TPSA) is 33.2 Å². The number of hydrogen-bond donors (Lipinski definition) is 0. The van der Waals surface area contributed by atoms with Gasteiger partial charge in [0.25, 0.3) is 0 Å². The highest BCUT2D eigenvalue weighted by Gasteiger charge is 2.15. The molecule has 0 aliphatic rings. The van der Waals surface area contributed by atoms with Crippen LogP contribution in [0.2, 0.25) is 10.0 Å². The molecule has 6 heteroatoms. The lowest BCUT2D eigenvalue weighted by Gasteiger charge is -2.15. The minimum atomic E-state index is 0.448. The fraction of sp³-hybridized carbons (Fsp3) is 0.200. The summed E-state index contributed by atoms with van der Waals surface area (Å²) < 4.78 is 0. The Bertz CT molecular complexity index is 886. The monoisotopic (exact) mass is 404 g/mol. The highest BCUT2D eigenvalue weighted by atomic mass is 35.5. The third-order valence-corrected chi connectivity index (χ3v) is 5.82. The van der Waals surface area contributed by atoms with E-state index in [0.717, 1.165) is 27.7 Å². The number of aromatic nitrogens is 1. The molecule has 3 nitrogen and oxygen atoms in total. The number of nitrogens with zero attached hydrogens (tertiary/aromatic N) is 2. The summed E-state index contributed by atoms with van der Waals surface area (Å²) in [7, 11) is 0. The van der Waals surface area contributed by atoms with Crippen molar-refractivity contribution in [2.24, 2.45) is 0 Å². The van der Waals surface area contributed by atoms with Crippen LogP contribution in [0.4, 0.5) is 10.7 Å². The molecular weight excluding hydrogens is 387 g/mol. The molecule has 1 heterocycles. The van der Waals surface area contributed by atoms with E-state index in [4.69, 9.17) is 23.2 Å². The predicted molar refractivity (Wildman–Crippen MR) is 110 cm³/mol. The summed E-state index contributed by atoms with van der Waals surface area (Å²) in [5.41, 5.74) is 2.89. The summed E-state index contributed by atoms with van der Waals surface area (Å²) in [6.07, 6.45) is 3.04. The lowest BCUT2D eigenvalue weighted by Crippen LogP contribution is -2.12. The van der Waals surface area contributed by atoms with Crippen LogP contribution >= 0.6 is 34.5 Å². The van der Waals surface area contributed by atoms with E-state index in [1.165, 1.54) is 16.9 Å². The van der Waals surface area contributed by atoms with Crippen molar-refractivity contribution in [3.63, 3.8) is 0 Å². The van der Waals surface area contributed by atoms with Crippen molar-refractivity contribution in [1.29, 1.82) is 0 Å². The van der Waals surface area contributed by atoms with E-state index in [1.807, 2.05) is 42.5 Å². The van der Waals surface area contributed by atoms with Gasteiger partial charge in [0.15, 0.2) is 0 Å². The van der Waals surface area contributed by atoms with Crippen LogP contribution in [0.15, 0.2) is 48.7 Å². The molecule has 26 heavy (non-hydrogen) atoms. The Morgan fingerprint density at radius 2 is 1.77 bits per heavy atom. The zero-order chi connectivity index (χ0) is 18.7. The average molecular weight is 405 g/mol. The Labute approximate surface area is 167 Å². The highest BCUT2D eigenvalue weighted by molar-refractivity contribution is 7.16. The normalized spacial score (nSPS) is 11.0. The van der Waals surface area contributed by atoms with Gasteiger partial charge >= 0.3 is 0 Å². The fourth-order valence-electron chi connectivity index (χ4n) is 2.61. The van der Waals surface area contributed by atoms with Crippen molar-refractivity contribution in [2.45, 2.75) is 26.2 Å². The molecular formula is C20H18Cl2N2OS. The second-order valence-electron chi connectivity index (χ2n) is 6.19. The zero-order valence-corrected chi connectivity index (χ0v) is 16.8. The Kier molecular flexibility index (Phi) is 5.97. The summed E-state index contributed by atoms with van der Waals surface area (Å²) in [5.74, 6) is 0.448. The predicted octanol–water partition coefficient (Wildman–Crippen LogP) is 6.46. The maximum atomic E-state index is 11.7. The van der Waals surface area contributed by atoms with E-state index in [9.17, 15) is 4.79 Å². The fourth-order valence-corrected chi connectivity index (χ4v) is 4.05. The first-order chi connectivity index (χ1) is 12.5. The van der Waals surface area contributed by atoms with E-state index < -0.39 is 0 Å². The van der Waals surface area contributed by atoms with Crippen LogP contribution in [0, 0.1) is 0 Å². The summed E-state index contributed by atoms with van der Waals surface area (Å²) in [4.78, 5) is 17.7. The molecule has 0 fully saturated rings. The van der Waals surface area contributed by atoms with Gasteiger partial charge in [-0.25, -0.2) is 4.98 Å². The smallest absolute Gasteiger partial charge is 0.219 e. The molecule has 1 aromatic heterocycles. The standard InChI is InChI=1S/C20H18Cl2N2OS/c1-13(2)14-6-8-15(9-7-14)24(12-25)20-11-23-19(26-20)10-16-17(21)4-3-5-18(16)22/h3-9,11-13H,10H2,1-2H3. The van der Waals surface area contributed by atoms with E-state index in [0.29, 0.717) is 22.4 Å². The Morgan fingerprint density at radius 1 is 1.12 bits per heavy atom. The van der Waals surface area contributed by atoms with Crippen molar-refractivity contribution < 1.29 is 4.79 Å². The number of benzene rings is 2. The van der Waals surface area contributed by atoms with E-state index in [-0.39, 0.29) is 0 Å². The zero-order valence-electron chi connectivity index (χ0n) is 14.4. The molecule has 0 bridgehead atoms. The summed E-state index contributed by atoms with van der Waals surface area (Å²) in [5, 5.41) is 2.84. The van der Waals surface area contributed by atoms with Crippen LogP contribution < -0.4 is 4.90 Å². The number of carbonyl (C=O) groups excluding carboxylic acids is 1. The van der Waals surface area contributed by atoms with Gasteiger partial charge in [0.1, 0.15) is 5.00 Å². The molecule has 0 aliphatic heterocycles. The van der Waals surface area contributed by atoms with Crippen LogP contribution in [-0.2, 0) is 11.2 Å². The van der Waals surface area contributed by atoms with Gasteiger partial charge in [-0.05, 0) is 41.3 Å². The molecule has 0 aliphatic carbocycles. The Morgan fingerprint density at radius 3 is 2.35 bits per heavy atom. The largest absolute Gasteiger partial charge is 0.278 e. The summed E-state index contributed by atoms with van der Waals surface area (Å²) >= 11 is 13.9. The number of carbonyl (C=O) groups is 1. The third kappa shape index (κ3) is 4.09. The lowest BCUT2D eigenvalue weighted by atomic mass is 10.0. The minimum Gasteiger partial charge on any atom is -0.278 e. The van der Waals surface area contributed by atoms with Gasteiger partial charge < -0.3 is 0 Å². The number of rotatable bonds is 6. The number of hydrogen-bond acceptors (Lipinski definition) is 3. The number of halogens is 2. The number of thiazole rings is 1. The molecule has 0 radical (unpaired) electrons. The lowest BCUT2D eigenvalue weighted by molar-refractivity contribution is -0.106. The van der Waals surface area contributed by atoms with Crippen LogP contribution in [0.3, 0.4) is 0 Å². The highest BCUT2D eigenvalue weighted by Crippen LogP contribution is 2.33. The summed E-state index contributed by atoms with van der Waals surface area (Å²) in [6, 6.07) is 13.4. The molecule has 1 amide bonds. The van der Waals surface area contributed by atoms with E-state index in [1.54, 1.807) is 11.1 Å². The first-order valence-corrected chi connectivity index (χ1v) is 9.79. The number of amides is 1. The van der Waals surface area contributed by atoms with Crippen molar-refractivity contribution in [1.82, 2.24) is 4.98 Å². The number of anilines is 2. The van der Waals surface area contributed by atoms with Crippen molar-refractivity contribution in [2.75, 3.05) is 4.90 Å². The van der Waals surface area contributed by atoms with E-state index >= 15 is 0 Å². The molecule has 0 unspecified atom stereocenters. The van der Waals surface area contributed by atoms with Crippen molar-refractivity contribution in [3.05, 3.63) is 74.8 Å². The second-order valence-corrected chi connectivity index (χ2v) is 8.10. The molecule has 3 rings (SSSR count). The van der Waals surface area contributed by atoms with Gasteiger partial charge in [-0.1, -0.05) is 55.2 Å². The molecule has 0 saturated heterocycles. The maximum Gasteiger partial charge on any atom is 0.219 e. The molecule has 0 spiro atoms. The molecule has 134 valence electrons. The molecule has 0 N–H and O–H groups in total. The quantitative estimate of drug-likeness (QED) is 0.441. The van der Waals surface area contributed by atoms with Crippen molar-refractivity contribution in [3.8, 4) is 0 Å². The summed E-state index contributed by atoms with van der Waals surface area (Å²) in [6.45, 7) is 4.28. The third-order valence-electron chi connectivity index (χ3n) is 4.11. The minimum absolute atomic E-state index is 0.448. The SMILES string of the molecule is CC(C)c1ccc(N(C=O)c2cnc(Cc3c(Cl)cccc3Cl)s2)cc1.